The molecule has 5 heteroatoms. The van der Waals surface area contributed by atoms with Gasteiger partial charge in [-0.05, 0) is 37.5 Å². The number of anilines is 2. The summed E-state index contributed by atoms with van der Waals surface area (Å²) in [6.07, 6.45) is 5.58. The standard InChI is InChI=1S/C15H19N3OS/c1-9-7-11(16)8-12-13(9)17-15(20-12)18-14(19)10-5-3-2-4-6-10/h7-8,10H,2-6,16H2,1H3,(H,17,18,19). The van der Waals surface area contributed by atoms with Crippen molar-refractivity contribution in [2.24, 2.45) is 5.92 Å². The third-order valence-corrected chi connectivity index (χ3v) is 4.83. The topological polar surface area (TPSA) is 68.0 Å². The molecule has 1 aromatic heterocycles. The molecule has 4 nitrogen and oxygen atoms in total. The fraction of sp³-hybridized carbons (Fsp3) is 0.467. The van der Waals surface area contributed by atoms with Crippen LogP contribution in [0.1, 0.15) is 37.7 Å². The number of thiazole rings is 1. The van der Waals surface area contributed by atoms with Gasteiger partial charge in [0, 0.05) is 11.6 Å². The highest BCUT2D eigenvalue weighted by Crippen LogP contribution is 2.31. The molecule has 1 fully saturated rings. The number of benzene rings is 1. The molecule has 106 valence electrons. The van der Waals surface area contributed by atoms with E-state index in [0.29, 0.717) is 5.13 Å². The van der Waals surface area contributed by atoms with Gasteiger partial charge in [-0.1, -0.05) is 30.6 Å². The fourth-order valence-corrected chi connectivity index (χ4v) is 3.84. The van der Waals surface area contributed by atoms with Gasteiger partial charge in [0.05, 0.1) is 10.2 Å². The smallest absolute Gasteiger partial charge is 0.229 e. The molecule has 3 N–H and O–H groups in total. The third-order valence-electron chi connectivity index (χ3n) is 3.91. The third kappa shape index (κ3) is 2.63. The van der Waals surface area contributed by atoms with Gasteiger partial charge >= 0.3 is 0 Å². The molecule has 0 radical (unpaired) electrons. The predicted octanol–water partition coefficient (Wildman–Crippen LogP) is 3.71. The van der Waals surface area contributed by atoms with Crippen LogP contribution in [0.5, 0.6) is 0 Å². The van der Waals surface area contributed by atoms with E-state index in [0.717, 1.165) is 47.2 Å². The van der Waals surface area contributed by atoms with E-state index in [1.54, 1.807) is 0 Å². The number of hydrogen-bond donors (Lipinski definition) is 2. The van der Waals surface area contributed by atoms with Gasteiger partial charge in [-0.3, -0.25) is 4.79 Å². The number of aromatic nitrogens is 1. The average molecular weight is 289 g/mol. The summed E-state index contributed by atoms with van der Waals surface area (Å²) in [6, 6.07) is 3.82. The number of carbonyl (C=O) groups excluding carboxylic acids is 1. The van der Waals surface area contributed by atoms with E-state index in [1.807, 2.05) is 19.1 Å². The van der Waals surface area contributed by atoms with Crippen LogP contribution in [-0.2, 0) is 4.79 Å². The molecule has 20 heavy (non-hydrogen) atoms. The number of aryl methyl sites for hydroxylation is 1. The van der Waals surface area contributed by atoms with Crippen LogP contribution in [0.3, 0.4) is 0 Å². The maximum absolute atomic E-state index is 12.2. The van der Waals surface area contributed by atoms with Crippen LogP contribution >= 0.6 is 11.3 Å². The number of nitrogens with zero attached hydrogens (tertiary/aromatic N) is 1. The molecule has 0 aliphatic heterocycles. The molecule has 2 aromatic rings. The lowest BCUT2D eigenvalue weighted by atomic mass is 9.89. The molecule has 0 unspecified atom stereocenters. The second kappa shape index (κ2) is 5.40. The zero-order valence-corrected chi connectivity index (χ0v) is 12.4. The molecule has 0 bridgehead atoms. The number of fused-ring (bicyclic) bond motifs is 1. The molecule has 1 aliphatic rings. The van der Waals surface area contributed by atoms with Crippen molar-refractivity contribution in [3.8, 4) is 0 Å². The Hall–Kier alpha value is -1.62. The van der Waals surface area contributed by atoms with Crippen LogP contribution in [0.15, 0.2) is 12.1 Å². The first-order chi connectivity index (χ1) is 9.63. The van der Waals surface area contributed by atoms with Crippen LogP contribution in [0, 0.1) is 12.8 Å². The molecule has 1 saturated carbocycles. The van der Waals surface area contributed by atoms with Crippen molar-refractivity contribution >= 4 is 38.3 Å². The summed E-state index contributed by atoms with van der Waals surface area (Å²) in [5.41, 5.74) is 8.57. The quantitative estimate of drug-likeness (QED) is 0.828. The molecule has 1 heterocycles. The molecular weight excluding hydrogens is 270 g/mol. The average Bonchev–Trinajstić information content (AvgIpc) is 2.82. The van der Waals surface area contributed by atoms with Gasteiger partial charge in [-0.15, -0.1) is 0 Å². The van der Waals surface area contributed by atoms with Gasteiger partial charge in [0.2, 0.25) is 5.91 Å². The first-order valence-corrected chi connectivity index (χ1v) is 7.92. The SMILES string of the molecule is Cc1cc(N)cc2sc(NC(=O)C3CCCCC3)nc12. The fourth-order valence-electron chi connectivity index (χ4n) is 2.85. The summed E-state index contributed by atoms with van der Waals surface area (Å²) in [5.74, 6) is 0.274. The zero-order chi connectivity index (χ0) is 14.1. The Morgan fingerprint density at radius 1 is 1.35 bits per heavy atom. The van der Waals surface area contributed by atoms with E-state index in [1.165, 1.54) is 17.8 Å². The van der Waals surface area contributed by atoms with Crippen LogP contribution in [-0.4, -0.2) is 10.9 Å². The lowest BCUT2D eigenvalue weighted by Gasteiger charge is -2.19. The molecule has 1 amide bonds. The van der Waals surface area contributed by atoms with Gasteiger partial charge in [-0.25, -0.2) is 4.98 Å². The lowest BCUT2D eigenvalue weighted by Crippen LogP contribution is -2.24. The molecular formula is C15H19N3OS. The van der Waals surface area contributed by atoms with E-state index in [9.17, 15) is 4.79 Å². The van der Waals surface area contributed by atoms with Crippen molar-refractivity contribution in [3.63, 3.8) is 0 Å². The molecule has 0 spiro atoms. The minimum absolute atomic E-state index is 0.120. The molecule has 1 aliphatic carbocycles. The summed E-state index contributed by atoms with van der Waals surface area (Å²) in [6.45, 7) is 1.99. The summed E-state index contributed by atoms with van der Waals surface area (Å²) >= 11 is 1.49. The van der Waals surface area contributed by atoms with Gasteiger partial charge < -0.3 is 11.1 Å². The summed E-state index contributed by atoms with van der Waals surface area (Å²) < 4.78 is 1.03. The Labute approximate surface area is 122 Å². The monoisotopic (exact) mass is 289 g/mol. The number of hydrogen-bond acceptors (Lipinski definition) is 4. The van der Waals surface area contributed by atoms with Crippen molar-refractivity contribution < 1.29 is 4.79 Å². The van der Waals surface area contributed by atoms with Crippen LogP contribution in [0.2, 0.25) is 0 Å². The van der Waals surface area contributed by atoms with Gasteiger partial charge in [0.15, 0.2) is 5.13 Å². The second-order valence-electron chi connectivity index (χ2n) is 5.53. The molecule has 0 atom stereocenters. The Morgan fingerprint density at radius 2 is 2.10 bits per heavy atom. The minimum atomic E-state index is 0.120. The van der Waals surface area contributed by atoms with Crippen molar-refractivity contribution in [1.29, 1.82) is 0 Å². The van der Waals surface area contributed by atoms with E-state index in [2.05, 4.69) is 10.3 Å². The highest BCUT2D eigenvalue weighted by Gasteiger charge is 2.22. The summed E-state index contributed by atoms with van der Waals surface area (Å²) in [4.78, 5) is 16.7. The van der Waals surface area contributed by atoms with Crippen LogP contribution < -0.4 is 11.1 Å². The molecule has 1 aromatic carbocycles. The summed E-state index contributed by atoms with van der Waals surface area (Å²) in [7, 11) is 0. The Bertz CT molecular complexity index is 644. The van der Waals surface area contributed by atoms with Gasteiger partial charge in [0.1, 0.15) is 0 Å². The zero-order valence-electron chi connectivity index (χ0n) is 11.6. The largest absolute Gasteiger partial charge is 0.399 e. The number of nitrogen functional groups attached to an aromatic ring is 1. The normalized spacial score (nSPS) is 16.4. The van der Waals surface area contributed by atoms with Crippen LogP contribution in [0.4, 0.5) is 10.8 Å². The number of nitrogens with two attached hydrogens (primary N) is 1. The lowest BCUT2D eigenvalue weighted by molar-refractivity contribution is -0.120. The molecule has 3 rings (SSSR count). The van der Waals surface area contributed by atoms with E-state index >= 15 is 0 Å². The van der Waals surface area contributed by atoms with Crippen molar-refractivity contribution in [1.82, 2.24) is 4.98 Å². The number of carbonyl (C=O) groups is 1. The van der Waals surface area contributed by atoms with Crippen molar-refractivity contribution in [3.05, 3.63) is 17.7 Å². The Morgan fingerprint density at radius 3 is 2.85 bits per heavy atom. The van der Waals surface area contributed by atoms with Crippen molar-refractivity contribution in [2.45, 2.75) is 39.0 Å². The first-order valence-electron chi connectivity index (χ1n) is 7.11. The maximum Gasteiger partial charge on any atom is 0.229 e. The Balaban J connectivity index is 1.80. The minimum Gasteiger partial charge on any atom is -0.399 e. The predicted molar refractivity (Wildman–Crippen MR) is 84.0 cm³/mol. The van der Waals surface area contributed by atoms with E-state index in [4.69, 9.17) is 5.73 Å². The van der Waals surface area contributed by atoms with E-state index < -0.39 is 0 Å². The number of nitrogens with one attached hydrogen (secondary N) is 1. The second-order valence-corrected chi connectivity index (χ2v) is 6.56. The van der Waals surface area contributed by atoms with Crippen molar-refractivity contribution in [2.75, 3.05) is 11.1 Å². The Kier molecular flexibility index (Phi) is 3.61. The number of rotatable bonds is 2. The summed E-state index contributed by atoms with van der Waals surface area (Å²) in [5, 5.41) is 3.66. The number of amides is 1. The molecule has 0 saturated heterocycles. The van der Waals surface area contributed by atoms with Gasteiger partial charge in [-0.2, -0.15) is 0 Å². The van der Waals surface area contributed by atoms with Gasteiger partial charge in [0.25, 0.3) is 0 Å². The first kappa shape index (κ1) is 13.4. The highest BCUT2D eigenvalue weighted by atomic mass is 32.1. The maximum atomic E-state index is 12.2. The van der Waals surface area contributed by atoms with E-state index in [-0.39, 0.29) is 11.8 Å². The van der Waals surface area contributed by atoms with Crippen LogP contribution in [0.25, 0.3) is 10.2 Å². The highest BCUT2D eigenvalue weighted by molar-refractivity contribution is 7.22.